The Bertz CT molecular complexity index is 1190. The highest BCUT2D eigenvalue weighted by Crippen LogP contribution is 2.35. The fourth-order valence-electron chi connectivity index (χ4n) is 3.62. The third kappa shape index (κ3) is 5.27. The van der Waals surface area contributed by atoms with Gasteiger partial charge in [-0.3, -0.25) is 0 Å². The molecule has 4 rings (SSSR count). The Morgan fingerprint density at radius 1 is 0.875 bits per heavy atom. The van der Waals surface area contributed by atoms with E-state index in [4.69, 9.17) is 14.2 Å². The lowest BCUT2D eigenvalue weighted by Gasteiger charge is -2.16. The molecule has 0 aromatic heterocycles. The molecule has 0 radical (unpaired) electrons. The Hall–Kier alpha value is -2.93. The fourth-order valence-corrected chi connectivity index (χ4v) is 4.44. The summed E-state index contributed by atoms with van der Waals surface area (Å²) in [6.07, 6.45) is 0. The maximum absolute atomic E-state index is 6.24. The molecule has 4 aromatic carbocycles. The van der Waals surface area contributed by atoms with Crippen molar-refractivity contribution in [1.29, 1.82) is 0 Å². The molecule has 0 aliphatic carbocycles. The number of hydrogen-bond donors (Lipinski definition) is 1. The molecule has 0 spiro atoms. The second-order valence-electron chi connectivity index (χ2n) is 7.35. The zero-order chi connectivity index (χ0) is 22.3. The van der Waals surface area contributed by atoms with Crippen LogP contribution in [0.25, 0.3) is 10.8 Å². The summed E-state index contributed by atoms with van der Waals surface area (Å²) in [7, 11) is 1.68. The Morgan fingerprint density at radius 2 is 1.66 bits per heavy atom. The van der Waals surface area contributed by atoms with Crippen molar-refractivity contribution in [1.82, 2.24) is 0 Å². The van der Waals surface area contributed by atoms with E-state index in [0.29, 0.717) is 19.8 Å². The topological polar surface area (TPSA) is 39.7 Å². The van der Waals surface area contributed by atoms with Crippen LogP contribution >= 0.6 is 22.6 Å². The summed E-state index contributed by atoms with van der Waals surface area (Å²) in [6.45, 7) is 3.82. The average Bonchev–Trinajstić information content (AvgIpc) is 2.83. The van der Waals surface area contributed by atoms with Crippen LogP contribution in [-0.2, 0) is 13.2 Å². The Labute approximate surface area is 202 Å². The molecule has 1 N–H and O–H groups in total. The van der Waals surface area contributed by atoms with Crippen LogP contribution in [0.2, 0.25) is 0 Å². The second-order valence-corrected chi connectivity index (χ2v) is 8.51. The first-order valence-corrected chi connectivity index (χ1v) is 11.7. The lowest BCUT2D eigenvalue weighted by Crippen LogP contribution is -2.04. The molecule has 0 unspecified atom stereocenters. The summed E-state index contributed by atoms with van der Waals surface area (Å²) in [4.78, 5) is 0. The minimum absolute atomic E-state index is 0.484. The van der Waals surface area contributed by atoms with Gasteiger partial charge < -0.3 is 19.5 Å². The Kier molecular flexibility index (Phi) is 7.37. The van der Waals surface area contributed by atoms with Crippen molar-refractivity contribution in [2.45, 2.75) is 20.1 Å². The molecule has 164 valence electrons. The first-order chi connectivity index (χ1) is 15.7. The van der Waals surface area contributed by atoms with Gasteiger partial charge in [-0.1, -0.05) is 42.5 Å². The summed E-state index contributed by atoms with van der Waals surface area (Å²) in [6, 6.07) is 26.8. The number of nitrogens with one attached hydrogen (secondary N) is 1. The van der Waals surface area contributed by atoms with Crippen LogP contribution in [-0.4, -0.2) is 13.7 Å². The fraction of sp³-hybridized carbons (Fsp3) is 0.185. The standard InChI is InChI=1S/C27H26INO3/c1-3-31-23-13-11-22(12-14-23)29-17-19-15-25(28)27(26(16-19)30-2)32-18-21-9-6-8-20-7-4-5-10-24(20)21/h4-16,29H,3,17-18H2,1-2H3. The highest BCUT2D eigenvalue weighted by molar-refractivity contribution is 14.1. The van der Waals surface area contributed by atoms with Gasteiger partial charge in [-0.2, -0.15) is 0 Å². The normalized spacial score (nSPS) is 10.7. The Balaban J connectivity index is 1.47. The van der Waals surface area contributed by atoms with E-state index in [1.54, 1.807) is 7.11 Å². The van der Waals surface area contributed by atoms with Crippen LogP contribution in [0.1, 0.15) is 18.1 Å². The number of benzene rings is 4. The van der Waals surface area contributed by atoms with Crippen LogP contribution in [0.15, 0.2) is 78.9 Å². The number of ether oxygens (including phenoxy) is 3. The first-order valence-electron chi connectivity index (χ1n) is 10.6. The number of rotatable bonds is 9. The van der Waals surface area contributed by atoms with Gasteiger partial charge in [-0.25, -0.2) is 0 Å². The van der Waals surface area contributed by atoms with Crippen LogP contribution < -0.4 is 19.5 Å². The van der Waals surface area contributed by atoms with Crippen molar-refractivity contribution in [2.24, 2.45) is 0 Å². The molecule has 0 heterocycles. The van der Waals surface area contributed by atoms with Crippen molar-refractivity contribution in [3.8, 4) is 17.2 Å². The van der Waals surface area contributed by atoms with Crippen LogP contribution in [0.3, 0.4) is 0 Å². The quantitative estimate of drug-likeness (QED) is 0.232. The zero-order valence-corrected chi connectivity index (χ0v) is 20.4. The van der Waals surface area contributed by atoms with E-state index in [-0.39, 0.29) is 0 Å². The van der Waals surface area contributed by atoms with Gasteiger partial charge in [0, 0.05) is 12.2 Å². The van der Waals surface area contributed by atoms with Crippen molar-refractivity contribution < 1.29 is 14.2 Å². The third-order valence-electron chi connectivity index (χ3n) is 5.20. The molecule has 5 heteroatoms. The number of anilines is 1. The van der Waals surface area contributed by atoms with E-state index in [1.807, 2.05) is 37.3 Å². The van der Waals surface area contributed by atoms with Gasteiger partial charge in [-0.05, 0) is 87.8 Å². The van der Waals surface area contributed by atoms with E-state index < -0.39 is 0 Å². The lowest BCUT2D eigenvalue weighted by atomic mass is 10.1. The predicted molar refractivity (Wildman–Crippen MR) is 139 cm³/mol. The molecule has 0 saturated carbocycles. The highest BCUT2D eigenvalue weighted by Gasteiger charge is 2.13. The van der Waals surface area contributed by atoms with Crippen molar-refractivity contribution in [3.05, 3.63) is 93.6 Å². The van der Waals surface area contributed by atoms with Crippen molar-refractivity contribution >= 4 is 39.1 Å². The van der Waals surface area contributed by atoms with E-state index >= 15 is 0 Å². The number of methoxy groups -OCH3 is 1. The minimum atomic E-state index is 0.484. The zero-order valence-electron chi connectivity index (χ0n) is 18.2. The van der Waals surface area contributed by atoms with Crippen molar-refractivity contribution in [3.63, 3.8) is 0 Å². The molecule has 0 aliphatic heterocycles. The number of hydrogen-bond acceptors (Lipinski definition) is 4. The van der Waals surface area contributed by atoms with Crippen molar-refractivity contribution in [2.75, 3.05) is 19.0 Å². The summed E-state index contributed by atoms with van der Waals surface area (Å²) in [5.74, 6) is 2.38. The van der Waals surface area contributed by atoms with Gasteiger partial charge >= 0.3 is 0 Å². The molecule has 0 fully saturated rings. The first kappa shape index (κ1) is 22.3. The monoisotopic (exact) mass is 539 g/mol. The maximum atomic E-state index is 6.24. The molecular weight excluding hydrogens is 513 g/mol. The van der Waals surface area contributed by atoms with Gasteiger partial charge in [0.15, 0.2) is 11.5 Å². The smallest absolute Gasteiger partial charge is 0.174 e. The maximum Gasteiger partial charge on any atom is 0.174 e. The molecule has 0 atom stereocenters. The average molecular weight is 539 g/mol. The summed E-state index contributed by atoms with van der Waals surface area (Å²) < 4.78 is 18.4. The molecular formula is C27H26INO3. The van der Waals surface area contributed by atoms with E-state index in [0.717, 1.165) is 37.6 Å². The minimum Gasteiger partial charge on any atom is -0.494 e. The molecule has 0 saturated heterocycles. The van der Waals surface area contributed by atoms with Crippen LogP contribution in [0.5, 0.6) is 17.2 Å². The highest BCUT2D eigenvalue weighted by atomic mass is 127. The molecule has 4 aromatic rings. The number of halogens is 1. The third-order valence-corrected chi connectivity index (χ3v) is 6.00. The largest absolute Gasteiger partial charge is 0.494 e. The van der Waals surface area contributed by atoms with E-state index in [9.17, 15) is 0 Å². The Morgan fingerprint density at radius 3 is 2.44 bits per heavy atom. The van der Waals surface area contributed by atoms with Gasteiger partial charge in [-0.15, -0.1) is 0 Å². The van der Waals surface area contributed by atoms with Gasteiger partial charge in [0.25, 0.3) is 0 Å². The van der Waals surface area contributed by atoms with Gasteiger partial charge in [0.05, 0.1) is 17.3 Å². The predicted octanol–water partition coefficient (Wildman–Crippen LogP) is 7.04. The van der Waals surface area contributed by atoms with Crippen LogP contribution in [0, 0.1) is 3.57 Å². The molecule has 0 bridgehead atoms. The summed E-state index contributed by atoms with van der Waals surface area (Å²) >= 11 is 2.31. The molecule has 4 nitrogen and oxygen atoms in total. The molecule has 0 aliphatic rings. The summed E-state index contributed by atoms with van der Waals surface area (Å²) in [5.41, 5.74) is 3.32. The SMILES string of the molecule is CCOc1ccc(NCc2cc(I)c(OCc3cccc4ccccc34)c(OC)c2)cc1. The van der Waals surface area contributed by atoms with Gasteiger partial charge in [0.1, 0.15) is 12.4 Å². The lowest BCUT2D eigenvalue weighted by molar-refractivity contribution is 0.283. The number of fused-ring (bicyclic) bond motifs is 1. The summed E-state index contributed by atoms with van der Waals surface area (Å²) in [5, 5.41) is 5.87. The van der Waals surface area contributed by atoms with E-state index in [2.05, 4.69) is 76.4 Å². The second kappa shape index (κ2) is 10.6. The van der Waals surface area contributed by atoms with Gasteiger partial charge in [0.2, 0.25) is 0 Å². The molecule has 32 heavy (non-hydrogen) atoms. The van der Waals surface area contributed by atoms with Crippen LogP contribution in [0.4, 0.5) is 5.69 Å². The van der Waals surface area contributed by atoms with E-state index in [1.165, 1.54) is 10.8 Å². The molecule has 0 amide bonds.